The number of anilines is 2. The molecule has 0 aliphatic carbocycles. The summed E-state index contributed by atoms with van der Waals surface area (Å²) in [4.78, 5) is 44.9. The van der Waals surface area contributed by atoms with Crippen molar-refractivity contribution in [2.45, 2.75) is 47.3 Å². The van der Waals surface area contributed by atoms with E-state index in [1.165, 1.54) is 6.26 Å². The van der Waals surface area contributed by atoms with E-state index in [0.29, 0.717) is 49.4 Å². The van der Waals surface area contributed by atoms with Crippen molar-refractivity contribution in [1.29, 1.82) is 0 Å². The van der Waals surface area contributed by atoms with Crippen molar-refractivity contribution in [3.05, 3.63) is 82.4 Å². The number of amides is 2. The topological polar surface area (TPSA) is 92.1 Å². The zero-order valence-corrected chi connectivity index (χ0v) is 23.1. The van der Waals surface area contributed by atoms with E-state index < -0.39 is 5.41 Å². The Morgan fingerprint density at radius 2 is 1.74 bits per heavy atom. The summed E-state index contributed by atoms with van der Waals surface area (Å²) in [5.74, 6) is 1.22. The first-order valence-corrected chi connectivity index (χ1v) is 13.2. The van der Waals surface area contributed by atoms with Crippen LogP contribution in [0.3, 0.4) is 0 Å². The number of aryl methyl sites for hydroxylation is 1. The van der Waals surface area contributed by atoms with Gasteiger partial charge in [0.25, 0.3) is 5.56 Å². The number of hydrogen-bond donors (Lipinski definition) is 0. The third-order valence-corrected chi connectivity index (χ3v) is 7.46. The van der Waals surface area contributed by atoms with Crippen LogP contribution in [0.25, 0.3) is 11.0 Å². The Morgan fingerprint density at radius 3 is 2.46 bits per heavy atom. The first kappa shape index (κ1) is 26.5. The van der Waals surface area contributed by atoms with Crippen molar-refractivity contribution in [3.8, 4) is 0 Å². The van der Waals surface area contributed by atoms with Crippen molar-refractivity contribution in [2.75, 3.05) is 29.9 Å². The van der Waals surface area contributed by atoms with Gasteiger partial charge in [-0.05, 0) is 69.7 Å². The van der Waals surface area contributed by atoms with E-state index in [1.54, 1.807) is 53.6 Å². The van der Waals surface area contributed by atoms with Gasteiger partial charge in [-0.1, -0.05) is 6.07 Å². The molecule has 0 bridgehead atoms. The lowest BCUT2D eigenvalue weighted by atomic mass is 9.90. The molecule has 0 spiro atoms. The predicted molar refractivity (Wildman–Crippen MR) is 150 cm³/mol. The Morgan fingerprint density at radius 1 is 0.949 bits per heavy atom. The number of benzene rings is 1. The number of fused-ring (bicyclic) bond motifs is 2. The number of hydrogen-bond acceptors (Lipinski definition) is 6. The SMILES string of the molecule is CCN1C(=O)C(C)(C)C(=O)N(C)c2cc(CN(CCn3ccc4occc4c3=O)Cc3ccc(C)o3)ccc21. The van der Waals surface area contributed by atoms with Crippen molar-refractivity contribution < 1.29 is 18.4 Å². The number of furan rings is 2. The molecular formula is C30H34N4O5. The van der Waals surface area contributed by atoms with Crippen molar-refractivity contribution in [3.63, 3.8) is 0 Å². The summed E-state index contributed by atoms with van der Waals surface area (Å²) in [6.07, 6.45) is 3.28. The highest BCUT2D eigenvalue weighted by Gasteiger charge is 2.45. The van der Waals surface area contributed by atoms with E-state index in [-0.39, 0.29) is 17.4 Å². The first-order chi connectivity index (χ1) is 18.6. The summed E-state index contributed by atoms with van der Waals surface area (Å²) < 4.78 is 12.9. The molecule has 0 unspecified atom stereocenters. The Bertz CT molecular complexity index is 1590. The highest BCUT2D eigenvalue weighted by atomic mass is 16.3. The first-order valence-electron chi connectivity index (χ1n) is 13.2. The van der Waals surface area contributed by atoms with Crippen molar-refractivity contribution in [1.82, 2.24) is 9.47 Å². The van der Waals surface area contributed by atoms with Crippen LogP contribution >= 0.6 is 0 Å². The Kier molecular flexibility index (Phi) is 6.94. The molecule has 204 valence electrons. The maximum Gasteiger partial charge on any atom is 0.261 e. The van der Waals surface area contributed by atoms with Crippen LogP contribution in [0.4, 0.5) is 11.4 Å². The van der Waals surface area contributed by atoms with Crippen LogP contribution in [0, 0.1) is 12.3 Å². The maximum absolute atomic E-state index is 13.3. The molecule has 0 saturated heterocycles. The monoisotopic (exact) mass is 530 g/mol. The lowest BCUT2D eigenvalue weighted by molar-refractivity contribution is -0.137. The molecule has 9 heteroatoms. The predicted octanol–water partition coefficient (Wildman–Crippen LogP) is 4.55. The second kappa shape index (κ2) is 10.2. The van der Waals surface area contributed by atoms with Crippen molar-refractivity contribution in [2.24, 2.45) is 5.41 Å². The fraction of sp³-hybridized carbons (Fsp3) is 0.367. The molecule has 39 heavy (non-hydrogen) atoms. The van der Waals surface area contributed by atoms with Crippen LogP contribution in [-0.4, -0.2) is 41.4 Å². The highest BCUT2D eigenvalue weighted by molar-refractivity contribution is 6.19. The molecule has 5 rings (SSSR count). The van der Waals surface area contributed by atoms with Gasteiger partial charge in [0.1, 0.15) is 22.5 Å². The smallest absolute Gasteiger partial charge is 0.261 e. The number of rotatable bonds is 8. The summed E-state index contributed by atoms with van der Waals surface area (Å²) in [5, 5.41) is 0.558. The molecule has 2 amide bonds. The largest absolute Gasteiger partial charge is 0.465 e. The minimum atomic E-state index is -1.16. The van der Waals surface area contributed by atoms with Crippen LogP contribution in [0.15, 0.2) is 68.6 Å². The highest BCUT2D eigenvalue weighted by Crippen LogP contribution is 2.39. The number of carbonyl (C=O) groups excluding carboxylic acids is 2. The minimum absolute atomic E-state index is 0.0906. The van der Waals surface area contributed by atoms with E-state index >= 15 is 0 Å². The molecule has 3 aromatic heterocycles. The molecule has 0 atom stereocenters. The molecular weight excluding hydrogens is 496 g/mol. The third-order valence-electron chi connectivity index (χ3n) is 7.46. The quantitative estimate of drug-likeness (QED) is 0.310. The van der Waals surface area contributed by atoms with Gasteiger partial charge in [0.15, 0.2) is 0 Å². The van der Waals surface area contributed by atoms with E-state index in [1.807, 2.05) is 44.2 Å². The van der Waals surface area contributed by atoms with E-state index in [2.05, 4.69) is 4.90 Å². The maximum atomic E-state index is 13.3. The molecule has 1 aliphatic heterocycles. The van der Waals surface area contributed by atoms with Crippen LogP contribution in [0.2, 0.25) is 0 Å². The lowest BCUT2D eigenvalue weighted by Gasteiger charge is -2.27. The fourth-order valence-electron chi connectivity index (χ4n) is 5.24. The average Bonchev–Trinajstić information content (AvgIpc) is 3.56. The number of pyridine rings is 1. The Balaban J connectivity index is 1.44. The van der Waals surface area contributed by atoms with E-state index in [9.17, 15) is 14.4 Å². The minimum Gasteiger partial charge on any atom is -0.465 e. The van der Waals surface area contributed by atoms with Gasteiger partial charge < -0.3 is 23.2 Å². The average molecular weight is 531 g/mol. The Hall–Kier alpha value is -4.11. The summed E-state index contributed by atoms with van der Waals surface area (Å²) in [6.45, 7) is 9.83. The number of aromatic nitrogens is 1. The normalized spacial score (nSPS) is 15.3. The van der Waals surface area contributed by atoms with Gasteiger partial charge in [-0.2, -0.15) is 0 Å². The van der Waals surface area contributed by atoms with Gasteiger partial charge >= 0.3 is 0 Å². The lowest BCUT2D eigenvalue weighted by Crippen LogP contribution is -2.47. The van der Waals surface area contributed by atoms with Crippen molar-refractivity contribution >= 4 is 34.2 Å². The number of carbonyl (C=O) groups is 2. The van der Waals surface area contributed by atoms with Crippen LogP contribution in [0.5, 0.6) is 0 Å². The molecule has 1 aromatic carbocycles. The molecule has 0 fully saturated rings. The van der Waals surface area contributed by atoms with Gasteiger partial charge in [-0.25, -0.2) is 0 Å². The zero-order chi connectivity index (χ0) is 27.9. The zero-order valence-electron chi connectivity index (χ0n) is 23.1. The molecule has 9 nitrogen and oxygen atoms in total. The third kappa shape index (κ3) is 4.90. The van der Waals surface area contributed by atoms with Crippen LogP contribution in [-0.2, 0) is 29.2 Å². The van der Waals surface area contributed by atoms with Gasteiger partial charge in [0.2, 0.25) is 11.8 Å². The molecule has 4 heterocycles. The second-order valence-corrected chi connectivity index (χ2v) is 10.6. The summed E-state index contributed by atoms with van der Waals surface area (Å²) in [5.41, 5.74) is 1.74. The summed E-state index contributed by atoms with van der Waals surface area (Å²) in [7, 11) is 1.72. The standard InChI is InChI=1S/C30H34N4O5/c1-6-34-24-10-8-21(17-25(24)31(5)28(36)30(3,4)29(34)37)18-32(19-22-9-7-20(2)39-22)14-15-33-13-11-26-23(27(33)35)12-16-38-26/h7-13,16-17H,6,14-15,18-19H2,1-5H3. The summed E-state index contributed by atoms with van der Waals surface area (Å²) in [6, 6.07) is 13.3. The van der Waals surface area contributed by atoms with Gasteiger partial charge in [-0.15, -0.1) is 0 Å². The second-order valence-electron chi connectivity index (χ2n) is 10.6. The number of nitrogens with zero attached hydrogens (tertiary/aromatic N) is 4. The van der Waals surface area contributed by atoms with Gasteiger partial charge in [0.05, 0.1) is 29.6 Å². The fourth-order valence-corrected chi connectivity index (χ4v) is 5.24. The molecule has 1 aliphatic rings. The molecule has 0 radical (unpaired) electrons. The van der Waals surface area contributed by atoms with Gasteiger partial charge in [-0.3, -0.25) is 19.3 Å². The Labute approximate surface area is 227 Å². The molecule has 0 N–H and O–H groups in total. The van der Waals surface area contributed by atoms with E-state index in [4.69, 9.17) is 8.83 Å². The van der Waals surface area contributed by atoms with Gasteiger partial charge in [0, 0.05) is 39.4 Å². The molecule has 4 aromatic rings. The summed E-state index contributed by atoms with van der Waals surface area (Å²) >= 11 is 0. The van der Waals surface area contributed by atoms with Crippen LogP contribution < -0.4 is 15.4 Å². The van der Waals surface area contributed by atoms with Crippen LogP contribution in [0.1, 0.15) is 37.9 Å². The molecule has 0 saturated carbocycles. The van der Waals surface area contributed by atoms with E-state index in [0.717, 1.165) is 22.8 Å².